The van der Waals surface area contributed by atoms with Gasteiger partial charge in [0.25, 0.3) is 0 Å². The molecule has 1 aromatic rings. The molecule has 0 spiro atoms. The third-order valence-corrected chi connectivity index (χ3v) is 1.55. The van der Waals surface area contributed by atoms with Crippen molar-refractivity contribution in [2.24, 2.45) is 0 Å². The summed E-state index contributed by atoms with van der Waals surface area (Å²) in [5.41, 5.74) is 0.0110. The van der Waals surface area contributed by atoms with Crippen molar-refractivity contribution in [3.05, 3.63) is 47.8 Å². The van der Waals surface area contributed by atoms with Gasteiger partial charge in [0, 0.05) is 11.6 Å². The van der Waals surface area contributed by atoms with Crippen LogP contribution in [0.3, 0.4) is 0 Å². The van der Waals surface area contributed by atoms with Crippen LogP contribution in [-0.2, 0) is 0 Å². The second kappa shape index (κ2) is 4.25. The monoisotopic (exact) mass is 218 g/mol. The van der Waals surface area contributed by atoms with Crippen molar-refractivity contribution in [3.63, 3.8) is 0 Å². The van der Waals surface area contributed by atoms with E-state index < -0.39 is 17.8 Å². The fourth-order valence-corrected chi connectivity index (χ4v) is 0.881. The zero-order valence-corrected chi connectivity index (χ0v) is 7.38. The lowest BCUT2D eigenvalue weighted by atomic mass is 10.1. The third-order valence-electron chi connectivity index (χ3n) is 1.55. The van der Waals surface area contributed by atoms with E-state index in [-0.39, 0.29) is 11.6 Å². The Morgan fingerprint density at radius 3 is 2.13 bits per heavy atom. The van der Waals surface area contributed by atoms with E-state index in [1.165, 1.54) is 0 Å². The highest BCUT2D eigenvalue weighted by Gasteiger charge is 2.22. The van der Waals surface area contributed by atoms with Crippen LogP contribution in [0.2, 0.25) is 0 Å². The van der Waals surface area contributed by atoms with E-state index in [0.29, 0.717) is 6.08 Å². The maximum Gasteiger partial charge on any atom is 0.409 e. The van der Waals surface area contributed by atoms with Gasteiger partial charge in [-0.2, -0.15) is 13.2 Å². The molecule has 0 heterocycles. The molecule has 0 amide bonds. The Morgan fingerprint density at radius 1 is 1.13 bits per heavy atom. The Balaban J connectivity index is 2.78. The SMILES string of the molecule is O=C(C=CC(F)(F)F)c1ccc(F)cc1. The summed E-state index contributed by atoms with van der Waals surface area (Å²) in [6.07, 6.45) is -4.26. The molecule has 0 radical (unpaired) electrons. The summed E-state index contributed by atoms with van der Waals surface area (Å²) in [7, 11) is 0. The highest BCUT2D eigenvalue weighted by Crippen LogP contribution is 2.16. The molecule has 0 unspecified atom stereocenters. The van der Waals surface area contributed by atoms with Crippen LogP contribution in [0.4, 0.5) is 17.6 Å². The normalized spacial score (nSPS) is 12.0. The van der Waals surface area contributed by atoms with E-state index in [0.717, 1.165) is 24.3 Å². The number of benzene rings is 1. The summed E-state index contributed by atoms with van der Waals surface area (Å²) in [6, 6.07) is 4.26. The maximum absolute atomic E-state index is 12.4. The molecule has 0 saturated carbocycles. The van der Waals surface area contributed by atoms with Crippen molar-refractivity contribution >= 4 is 5.78 Å². The van der Waals surface area contributed by atoms with Gasteiger partial charge in [0.2, 0.25) is 0 Å². The van der Waals surface area contributed by atoms with Crippen molar-refractivity contribution in [3.8, 4) is 0 Å². The number of carbonyl (C=O) groups excluding carboxylic acids is 1. The molecule has 5 heteroatoms. The average molecular weight is 218 g/mol. The first kappa shape index (κ1) is 11.4. The van der Waals surface area contributed by atoms with Crippen LogP contribution in [0, 0.1) is 5.82 Å². The lowest BCUT2D eigenvalue weighted by Gasteiger charge is -1.98. The third kappa shape index (κ3) is 3.93. The minimum atomic E-state index is -4.52. The molecule has 0 saturated heterocycles. The van der Waals surface area contributed by atoms with Crippen molar-refractivity contribution in [2.45, 2.75) is 6.18 Å². The number of halogens is 4. The van der Waals surface area contributed by atoms with Gasteiger partial charge < -0.3 is 0 Å². The van der Waals surface area contributed by atoms with Gasteiger partial charge >= 0.3 is 6.18 Å². The van der Waals surface area contributed by atoms with Gasteiger partial charge in [-0.3, -0.25) is 4.79 Å². The minimum absolute atomic E-state index is 0.0110. The Bertz CT molecular complexity index is 375. The smallest absolute Gasteiger partial charge is 0.289 e. The molecule has 15 heavy (non-hydrogen) atoms. The van der Waals surface area contributed by atoms with Crippen LogP contribution in [0.25, 0.3) is 0 Å². The zero-order valence-electron chi connectivity index (χ0n) is 7.38. The summed E-state index contributed by atoms with van der Waals surface area (Å²) >= 11 is 0. The molecule has 0 aliphatic carbocycles. The number of rotatable bonds is 2. The van der Waals surface area contributed by atoms with Gasteiger partial charge in [-0.05, 0) is 30.3 Å². The Kier molecular flexibility index (Phi) is 3.24. The Hall–Kier alpha value is -1.65. The summed E-state index contributed by atoms with van der Waals surface area (Å²) in [6.45, 7) is 0. The molecule has 0 aliphatic rings. The molecule has 0 atom stereocenters. The van der Waals surface area contributed by atoms with Crippen LogP contribution in [-0.4, -0.2) is 12.0 Å². The second-order valence-corrected chi connectivity index (χ2v) is 2.75. The number of hydrogen-bond acceptors (Lipinski definition) is 1. The molecule has 1 rings (SSSR count). The summed E-state index contributed by atoms with van der Waals surface area (Å²) in [4.78, 5) is 11.1. The fourth-order valence-electron chi connectivity index (χ4n) is 0.881. The van der Waals surface area contributed by atoms with Crippen LogP contribution >= 0.6 is 0 Å². The molecule has 80 valence electrons. The van der Waals surface area contributed by atoms with E-state index >= 15 is 0 Å². The average Bonchev–Trinajstić information content (AvgIpc) is 2.14. The Labute approximate surface area is 83.0 Å². The Morgan fingerprint density at radius 2 is 1.67 bits per heavy atom. The standard InChI is InChI=1S/C10H6F4O/c11-8-3-1-7(2-4-8)9(15)5-6-10(12,13)14/h1-6H. The number of ketones is 1. The zero-order chi connectivity index (χ0) is 11.5. The van der Waals surface area contributed by atoms with Gasteiger partial charge in [0.1, 0.15) is 5.82 Å². The summed E-state index contributed by atoms with van der Waals surface area (Å²) < 4.78 is 47.5. The van der Waals surface area contributed by atoms with Crippen molar-refractivity contribution in [1.29, 1.82) is 0 Å². The lowest BCUT2D eigenvalue weighted by molar-refractivity contribution is -0.0799. The highest BCUT2D eigenvalue weighted by atomic mass is 19.4. The number of hydrogen-bond donors (Lipinski definition) is 0. The molecular weight excluding hydrogens is 212 g/mol. The van der Waals surface area contributed by atoms with Crippen LogP contribution in [0.15, 0.2) is 36.4 Å². The molecule has 0 aromatic heterocycles. The number of allylic oxidation sites excluding steroid dienone is 2. The maximum atomic E-state index is 12.4. The molecule has 0 aliphatic heterocycles. The van der Waals surface area contributed by atoms with E-state index in [4.69, 9.17) is 0 Å². The van der Waals surface area contributed by atoms with Crippen LogP contribution in [0.1, 0.15) is 10.4 Å². The lowest BCUT2D eigenvalue weighted by Crippen LogP contribution is -2.03. The van der Waals surface area contributed by atoms with Crippen molar-refractivity contribution in [2.75, 3.05) is 0 Å². The second-order valence-electron chi connectivity index (χ2n) is 2.75. The highest BCUT2D eigenvalue weighted by molar-refractivity contribution is 6.04. The van der Waals surface area contributed by atoms with E-state index in [9.17, 15) is 22.4 Å². The van der Waals surface area contributed by atoms with Crippen LogP contribution in [0.5, 0.6) is 0 Å². The molecule has 1 aromatic carbocycles. The molecule has 0 bridgehead atoms. The first-order valence-electron chi connectivity index (χ1n) is 3.94. The van der Waals surface area contributed by atoms with Gasteiger partial charge in [0.15, 0.2) is 5.78 Å². The minimum Gasteiger partial charge on any atom is -0.289 e. The van der Waals surface area contributed by atoms with E-state index in [2.05, 4.69) is 0 Å². The van der Waals surface area contributed by atoms with Crippen molar-refractivity contribution < 1.29 is 22.4 Å². The summed E-state index contributed by atoms with van der Waals surface area (Å²) in [5, 5.41) is 0. The van der Waals surface area contributed by atoms with Gasteiger partial charge in [0.05, 0.1) is 0 Å². The molecular formula is C10H6F4O. The first-order chi connectivity index (χ1) is 6.88. The molecule has 1 nitrogen and oxygen atoms in total. The quantitative estimate of drug-likeness (QED) is 0.423. The first-order valence-corrected chi connectivity index (χ1v) is 3.94. The van der Waals surface area contributed by atoms with E-state index in [1.807, 2.05) is 0 Å². The number of alkyl halides is 3. The van der Waals surface area contributed by atoms with Crippen LogP contribution < -0.4 is 0 Å². The molecule has 0 fully saturated rings. The van der Waals surface area contributed by atoms with Gasteiger partial charge in [-0.1, -0.05) is 0 Å². The summed E-state index contributed by atoms with van der Waals surface area (Å²) in [5.74, 6) is -1.36. The van der Waals surface area contributed by atoms with Crippen molar-refractivity contribution in [1.82, 2.24) is 0 Å². The van der Waals surface area contributed by atoms with Gasteiger partial charge in [-0.15, -0.1) is 0 Å². The topological polar surface area (TPSA) is 17.1 Å². The number of carbonyl (C=O) groups is 1. The predicted molar refractivity (Wildman–Crippen MR) is 45.9 cm³/mol. The van der Waals surface area contributed by atoms with Gasteiger partial charge in [-0.25, -0.2) is 4.39 Å². The fraction of sp³-hybridized carbons (Fsp3) is 0.100. The predicted octanol–water partition coefficient (Wildman–Crippen LogP) is 3.13. The largest absolute Gasteiger partial charge is 0.409 e. The molecule has 0 N–H and O–H groups in total. The van der Waals surface area contributed by atoms with E-state index in [1.54, 1.807) is 0 Å².